The molecule has 0 saturated carbocycles. The summed E-state index contributed by atoms with van der Waals surface area (Å²) in [7, 11) is 5.42. The summed E-state index contributed by atoms with van der Waals surface area (Å²) in [5.41, 5.74) is 4.05. The van der Waals surface area contributed by atoms with Crippen LogP contribution < -0.4 is 20.3 Å². The van der Waals surface area contributed by atoms with Gasteiger partial charge in [-0.05, 0) is 61.6 Å². The van der Waals surface area contributed by atoms with Gasteiger partial charge in [0.05, 0.1) is 30.5 Å². The monoisotopic (exact) mass is 555 g/mol. The fourth-order valence-electron chi connectivity index (χ4n) is 4.97. The van der Waals surface area contributed by atoms with Crippen LogP contribution >= 0.6 is 0 Å². The van der Waals surface area contributed by atoms with E-state index in [4.69, 9.17) is 4.74 Å². The van der Waals surface area contributed by atoms with Crippen molar-refractivity contribution < 1.29 is 24.2 Å². The van der Waals surface area contributed by atoms with E-state index in [1.165, 1.54) is 12.1 Å². The van der Waals surface area contributed by atoms with Gasteiger partial charge in [0.1, 0.15) is 5.75 Å². The molecule has 10 heteroatoms. The van der Waals surface area contributed by atoms with Crippen LogP contribution in [0.2, 0.25) is 0 Å². The zero-order chi connectivity index (χ0) is 29.1. The number of ether oxygens (including phenoxy) is 1. The van der Waals surface area contributed by atoms with E-state index in [2.05, 4.69) is 27.5 Å². The third-order valence-electron chi connectivity index (χ3n) is 7.47. The first-order valence-electron chi connectivity index (χ1n) is 13.4. The van der Waals surface area contributed by atoms with Gasteiger partial charge in [0.15, 0.2) is 0 Å². The molecule has 3 aromatic rings. The fraction of sp³-hybridized carbons (Fsp3) is 0.258. The minimum absolute atomic E-state index is 0.0166. The van der Waals surface area contributed by atoms with Crippen molar-refractivity contribution in [1.29, 1.82) is 0 Å². The predicted molar refractivity (Wildman–Crippen MR) is 159 cm³/mol. The quantitative estimate of drug-likeness (QED) is 0.362. The lowest BCUT2D eigenvalue weighted by atomic mass is 9.98. The first-order valence-corrected chi connectivity index (χ1v) is 13.4. The molecule has 212 valence electrons. The van der Waals surface area contributed by atoms with Crippen LogP contribution in [0, 0.1) is 0 Å². The summed E-state index contributed by atoms with van der Waals surface area (Å²) in [4.78, 5) is 43.9. The molecule has 0 aliphatic carbocycles. The highest BCUT2D eigenvalue weighted by Crippen LogP contribution is 2.39. The molecular formula is C31H33N5O5. The van der Waals surface area contributed by atoms with E-state index < -0.39 is 5.97 Å². The Kier molecular flexibility index (Phi) is 8.04. The Hall–Kier alpha value is -4.67. The fourth-order valence-corrected chi connectivity index (χ4v) is 4.97. The van der Waals surface area contributed by atoms with Crippen LogP contribution in [0.15, 0.2) is 66.7 Å². The Balaban J connectivity index is 1.45. The van der Waals surface area contributed by atoms with Crippen molar-refractivity contribution in [3.63, 3.8) is 0 Å². The Morgan fingerprint density at radius 3 is 2.41 bits per heavy atom. The summed E-state index contributed by atoms with van der Waals surface area (Å²) in [6, 6.07) is 19.2. The van der Waals surface area contributed by atoms with Crippen molar-refractivity contribution in [3.05, 3.63) is 83.4 Å². The number of hydrogen-bond acceptors (Lipinski definition) is 7. The number of carboxylic acids is 1. The van der Waals surface area contributed by atoms with Crippen molar-refractivity contribution in [2.24, 2.45) is 0 Å². The minimum atomic E-state index is -1.08. The number of aromatic carboxylic acids is 1. The maximum absolute atomic E-state index is 13.2. The number of amides is 2. The number of anilines is 3. The van der Waals surface area contributed by atoms with Crippen LogP contribution in [0.3, 0.4) is 0 Å². The number of carboxylic acid groups (broad SMARTS) is 1. The number of nitrogens with zero attached hydrogens (tertiary/aromatic N) is 3. The van der Waals surface area contributed by atoms with Crippen molar-refractivity contribution in [3.8, 4) is 5.75 Å². The first kappa shape index (κ1) is 27.9. The summed E-state index contributed by atoms with van der Waals surface area (Å²) >= 11 is 0. The second kappa shape index (κ2) is 11.8. The normalized spacial score (nSPS) is 16.5. The Morgan fingerprint density at radius 1 is 1.00 bits per heavy atom. The van der Waals surface area contributed by atoms with Gasteiger partial charge in [0.25, 0.3) is 5.91 Å². The molecule has 5 rings (SSSR count). The number of methoxy groups -OCH3 is 1. The van der Waals surface area contributed by atoms with Gasteiger partial charge in [0.2, 0.25) is 5.91 Å². The lowest BCUT2D eigenvalue weighted by molar-refractivity contribution is -0.119. The first-order chi connectivity index (χ1) is 19.7. The molecule has 10 nitrogen and oxygen atoms in total. The lowest BCUT2D eigenvalue weighted by Crippen LogP contribution is -2.48. The second-order valence-corrected chi connectivity index (χ2v) is 10.2. The Morgan fingerprint density at radius 2 is 1.73 bits per heavy atom. The molecule has 2 amide bonds. The molecule has 0 aromatic heterocycles. The van der Waals surface area contributed by atoms with Crippen LogP contribution in [0.4, 0.5) is 17.1 Å². The van der Waals surface area contributed by atoms with Crippen LogP contribution in [0.25, 0.3) is 11.3 Å². The van der Waals surface area contributed by atoms with Crippen molar-refractivity contribution in [2.45, 2.75) is 0 Å². The molecule has 0 spiro atoms. The average molecular weight is 556 g/mol. The van der Waals surface area contributed by atoms with E-state index in [9.17, 15) is 19.5 Å². The summed E-state index contributed by atoms with van der Waals surface area (Å²) in [6.45, 7) is 3.99. The molecule has 3 aromatic carbocycles. The van der Waals surface area contributed by atoms with Gasteiger partial charge in [0, 0.05) is 61.4 Å². The average Bonchev–Trinajstić information content (AvgIpc) is 3.31. The third kappa shape index (κ3) is 6.08. The van der Waals surface area contributed by atoms with Crippen LogP contribution in [-0.4, -0.2) is 86.6 Å². The Bertz CT molecular complexity index is 1510. The summed E-state index contributed by atoms with van der Waals surface area (Å²) in [6.07, 6.45) is 0. The van der Waals surface area contributed by atoms with Gasteiger partial charge in [-0.2, -0.15) is 0 Å². The molecule has 2 aliphatic heterocycles. The van der Waals surface area contributed by atoms with E-state index >= 15 is 0 Å². The number of fused-ring (bicyclic) bond motifs is 1. The summed E-state index contributed by atoms with van der Waals surface area (Å²) in [5, 5.41) is 15.8. The van der Waals surface area contributed by atoms with Crippen LogP contribution in [0.5, 0.6) is 5.75 Å². The second-order valence-electron chi connectivity index (χ2n) is 10.2. The lowest BCUT2D eigenvalue weighted by Gasteiger charge is -2.32. The van der Waals surface area contributed by atoms with Gasteiger partial charge in [-0.25, -0.2) is 4.79 Å². The number of benzene rings is 3. The molecule has 1 saturated heterocycles. The number of nitrogens with one attached hydrogen (secondary N) is 2. The number of carbonyl (C=O) groups excluding carboxylic acids is 2. The maximum Gasteiger partial charge on any atom is 0.335 e. The molecule has 0 radical (unpaired) electrons. The molecule has 41 heavy (non-hydrogen) atoms. The largest absolute Gasteiger partial charge is 0.497 e. The minimum Gasteiger partial charge on any atom is -0.497 e. The number of hydrogen-bond donors (Lipinski definition) is 3. The summed E-state index contributed by atoms with van der Waals surface area (Å²) in [5.74, 6) is -0.804. The van der Waals surface area contributed by atoms with Crippen molar-refractivity contribution in [2.75, 3.05) is 69.5 Å². The number of carbonyl (C=O) groups is 3. The number of piperazine rings is 1. The van der Waals surface area contributed by atoms with E-state index in [-0.39, 0.29) is 17.4 Å². The standard InChI is InChI=1S/C31H33N5O5/c1-34-13-15-36(16-14-34)19-27(37)35(2)23-10-8-22(9-11-23)32-29(20-5-4-6-24(17-20)41-3)28-25-18-21(31(39)40)7-12-26(25)33-30(28)38/h4-12,17-18,32H,13-16,19H2,1-3H3,(H,33,38)(H,39,40). The molecule has 0 unspecified atom stereocenters. The Labute approximate surface area is 238 Å². The molecule has 2 heterocycles. The van der Waals surface area contributed by atoms with E-state index in [1.807, 2.05) is 36.4 Å². The van der Waals surface area contributed by atoms with Crippen molar-refractivity contribution >= 4 is 46.1 Å². The highest BCUT2D eigenvalue weighted by Gasteiger charge is 2.30. The zero-order valence-electron chi connectivity index (χ0n) is 23.3. The van der Waals surface area contributed by atoms with Crippen molar-refractivity contribution in [1.82, 2.24) is 9.80 Å². The highest BCUT2D eigenvalue weighted by atomic mass is 16.5. The SMILES string of the molecule is COc1cccc(C(Nc2ccc(N(C)C(=O)CN3CCN(C)CC3)cc2)=C2C(=O)Nc3ccc(C(=O)O)cc32)c1. The van der Waals surface area contributed by atoms with Gasteiger partial charge in [-0.3, -0.25) is 14.5 Å². The molecule has 3 N–H and O–H groups in total. The number of rotatable bonds is 8. The van der Waals surface area contributed by atoms with Gasteiger partial charge in [-0.1, -0.05) is 12.1 Å². The van der Waals surface area contributed by atoms with Crippen LogP contribution in [0.1, 0.15) is 21.5 Å². The van der Waals surface area contributed by atoms with Gasteiger partial charge < -0.3 is 30.3 Å². The topological polar surface area (TPSA) is 114 Å². The molecular weight excluding hydrogens is 522 g/mol. The van der Waals surface area contributed by atoms with E-state index in [0.29, 0.717) is 46.1 Å². The molecule has 1 fully saturated rings. The predicted octanol–water partition coefficient (Wildman–Crippen LogP) is 3.54. The summed E-state index contributed by atoms with van der Waals surface area (Å²) < 4.78 is 5.42. The zero-order valence-corrected chi connectivity index (χ0v) is 23.3. The molecule has 2 aliphatic rings. The van der Waals surface area contributed by atoms with E-state index in [0.717, 1.165) is 31.9 Å². The van der Waals surface area contributed by atoms with Crippen LogP contribution in [-0.2, 0) is 9.59 Å². The maximum atomic E-state index is 13.2. The third-order valence-corrected chi connectivity index (χ3v) is 7.47. The highest BCUT2D eigenvalue weighted by molar-refractivity contribution is 6.37. The van der Waals surface area contributed by atoms with E-state index in [1.54, 1.807) is 37.3 Å². The molecule has 0 atom stereocenters. The van der Waals surface area contributed by atoms with Gasteiger partial charge >= 0.3 is 5.97 Å². The smallest absolute Gasteiger partial charge is 0.335 e. The number of likely N-dealkylation sites (N-methyl/N-ethyl adjacent to an activating group) is 2. The molecule has 0 bridgehead atoms. The van der Waals surface area contributed by atoms with Gasteiger partial charge in [-0.15, -0.1) is 0 Å².